The lowest BCUT2D eigenvalue weighted by atomic mass is 9.93. The lowest BCUT2D eigenvalue weighted by Crippen LogP contribution is -2.43. The Morgan fingerprint density at radius 1 is 1.04 bits per heavy atom. The average Bonchev–Trinajstić information content (AvgIpc) is 3.14. The largest absolute Gasteiger partial charge is 0.372 e. The van der Waals surface area contributed by atoms with Crippen LogP contribution in [0.25, 0.3) is 0 Å². The van der Waals surface area contributed by atoms with Crippen molar-refractivity contribution in [2.75, 3.05) is 39.3 Å². The molecule has 0 aromatic heterocycles. The maximum atomic E-state index is 6.19. The molecule has 3 aliphatic rings. The lowest BCUT2D eigenvalue weighted by molar-refractivity contribution is 0.148. The molecule has 1 fully saturated rings. The summed E-state index contributed by atoms with van der Waals surface area (Å²) in [4.78, 5) is 5.24. The van der Waals surface area contributed by atoms with Crippen LogP contribution in [-0.4, -0.2) is 54.6 Å². The standard InChI is InChI=1S/C23H31Cl2N3/c1-23(2,8-7-17-3-6-21(24)22(25)13-17)28-15-18-4-5-20(14-19(18)16-28)27-11-9-26-10-12-27/h3,6,13-14,26H,4-5,7-12,15-16H2,1-2H3. The van der Waals surface area contributed by atoms with Gasteiger partial charge >= 0.3 is 0 Å². The van der Waals surface area contributed by atoms with Gasteiger partial charge < -0.3 is 10.2 Å². The monoisotopic (exact) mass is 419 g/mol. The minimum absolute atomic E-state index is 0.159. The smallest absolute Gasteiger partial charge is 0.0595 e. The van der Waals surface area contributed by atoms with Gasteiger partial charge in [0.05, 0.1) is 10.0 Å². The van der Waals surface area contributed by atoms with Crippen LogP contribution < -0.4 is 5.32 Å². The topological polar surface area (TPSA) is 18.5 Å². The predicted molar refractivity (Wildman–Crippen MR) is 119 cm³/mol. The van der Waals surface area contributed by atoms with Gasteiger partial charge in [-0.25, -0.2) is 0 Å². The Morgan fingerprint density at radius 2 is 1.82 bits per heavy atom. The van der Waals surface area contributed by atoms with Crippen molar-refractivity contribution in [2.24, 2.45) is 0 Å². The summed E-state index contributed by atoms with van der Waals surface area (Å²) in [6.45, 7) is 11.5. The summed E-state index contributed by atoms with van der Waals surface area (Å²) in [5, 5.41) is 4.74. The molecule has 0 saturated carbocycles. The van der Waals surface area contributed by atoms with E-state index in [4.69, 9.17) is 23.2 Å². The highest BCUT2D eigenvalue weighted by molar-refractivity contribution is 6.42. The first-order valence-corrected chi connectivity index (χ1v) is 11.2. The molecule has 0 bridgehead atoms. The fraction of sp³-hybridized carbons (Fsp3) is 0.565. The molecule has 5 heteroatoms. The molecule has 1 aliphatic carbocycles. The maximum absolute atomic E-state index is 6.19. The van der Waals surface area contributed by atoms with Crippen LogP contribution in [0.1, 0.15) is 38.7 Å². The SMILES string of the molecule is CC(C)(CCc1ccc(Cl)c(Cl)c1)N1CC2=C(CCC(N3CCNCC3)=C2)C1. The molecule has 2 aliphatic heterocycles. The molecule has 4 rings (SSSR count). The fourth-order valence-corrected chi connectivity index (χ4v) is 4.90. The zero-order valence-corrected chi connectivity index (χ0v) is 18.5. The molecule has 0 atom stereocenters. The highest BCUT2D eigenvalue weighted by Gasteiger charge is 2.34. The van der Waals surface area contributed by atoms with Gasteiger partial charge in [-0.05, 0) is 68.9 Å². The average molecular weight is 420 g/mol. The van der Waals surface area contributed by atoms with Crippen LogP contribution in [0.5, 0.6) is 0 Å². The number of hydrogen-bond donors (Lipinski definition) is 1. The first-order valence-electron chi connectivity index (χ1n) is 10.5. The van der Waals surface area contributed by atoms with Crippen molar-refractivity contribution < 1.29 is 0 Å². The zero-order valence-electron chi connectivity index (χ0n) is 17.0. The quantitative estimate of drug-likeness (QED) is 0.731. The van der Waals surface area contributed by atoms with Gasteiger partial charge in [-0.3, -0.25) is 4.90 Å². The van der Waals surface area contributed by atoms with Crippen LogP contribution >= 0.6 is 23.2 Å². The molecule has 1 saturated heterocycles. The Morgan fingerprint density at radius 3 is 2.57 bits per heavy atom. The van der Waals surface area contributed by atoms with Gasteiger partial charge in [-0.15, -0.1) is 0 Å². The molecule has 1 N–H and O–H groups in total. The van der Waals surface area contributed by atoms with E-state index >= 15 is 0 Å². The second-order valence-electron chi connectivity index (χ2n) is 8.92. The molecule has 1 aromatic rings. The second kappa shape index (κ2) is 8.39. The molecule has 2 heterocycles. The Bertz CT molecular complexity index is 791. The Balaban J connectivity index is 1.38. The van der Waals surface area contributed by atoms with E-state index in [1.807, 2.05) is 12.1 Å². The summed E-state index contributed by atoms with van der Waals surface area (Å²) in [6, 6.07) is 6.01. The van der Waals surface area contributed by atoms with Gasteiger partial charge in [0.25, 0.3) is 0 Å². The molecule has 0 spiro atoms. The minimum atomic E-state index is 0.159. The molecule has 152 valence electrons. The summed E-state index contributed by atoms with van der Waals surface area (Å²) in [5.41, 5.74) is 6.20. The molecule has 0 unspecified atom stereocenters. The van der Waals surface area contributed by atoms with Gasteiger partial charge in [-0.1, -0.05) is 34.8 Å². The predicted octanol–water partition coefficient (Wildman–Crippen LogP) is 4.90. The van der Waals surface area contributed by atoms with Crippen molar-refractivity contribution in [1.29, 1.82) is 0 Å². The number of aryl methyl sites for hydroxylation is 1. The van der Waals surface area contributed by atoms with E-state index in [1.54, 1.807) is 16.8 Å². The van der Waals surface area contributed by atoms with Gasteiger partial charge in [0.15, 0.2) is 0 Å². The molecule has 28 heavy (non-hydrogen) atoms. The third-order valence-corrected chi connectivity index (χ3v) is 7.35. The van der Waals surface area contributed by atoms with E-state index in [0.29, 0.717) is 10.0 Å². The molecule has 3 nitrogen and oxygen atoms in total. The lowest BCUT2D eigenvalue weighted by Gasteiger charge is -2.36. The summed E-state index contributed by atoms with van der Waals surface area (Å²) < 4.78 is 0. The Kier molecular flexibility index (Phi) is 6.08. The van der Waals surface area contributed by atoms with Gasteiger partial charge in [0, 0.05) is 50.5 Å². The number of hydrogen-bond acceptors (Lipinski definition) is 3. The minimum Gasteiger partial charge on any atom is -0.372 e. The van der Waals surface area contributed by atoms with Crippen LogP contribution in [0, 0.1) is 0 Å². The number of rotatable bonds is 5. The van der Waals surface area contributed by atoms with Crippen molar-refractivity contribution >= 4 is 23.2 Å². The molecular formula is C23H31Cl2N3. The molecule has 1 aromatic carbocycles. The maximum Gasteiger partial charge on any atom is 0.0595 e. The van der Waals surface area contributed by atoms with Crippen LogP contribution in [-0.2, 0) is 6.42 Å². The van der Waals surface area contributed by atoms with Crippen molar-refractivity contribution in [3.8, 4) is 0 Å². The number of halogens is 2. The van der Waals surface area contributed by atoms with Crippen LogP contribution in [0.3, 0.4) is 0 Å². The van der Waals surface area contributed by atoms with Gasteiger partial charge in [0.1, 0.15) is 0 Å². The van der Waals surface area contributed by atoms with Gasteiger partial charge in [0.2, 0.25) is 0 Å². The number of nitrogens with zero attached hydrogens (tertiary/aromatic N) is 2. The van der Waals surface area contributed by atoms with Crippen molar-refractivity contribution in [3.05, 3.63) is 56.7 Å². The third-order valence-electron chi connectivity index (χ3n) is 6.61. The number of allylic oxidation sites excluding steroid dienone is 1. The van der Waals surface area contributed by atoms with Gasteiger partial charge in [-0.2, -0.15) is 0 Å². The highest BCUT2D eigenvalue weighted by Crippen LogP contribution is 2.36. The number of piperazine rings is 1. The van der Waals surface area contributed by atoms with Crippen LogP contribution in [0.15, 0.2) is 41.1 Å². The van der Waals surface area contributed by atoms with Crippen molar-refractivity contribution in [3.63, 3.8) is 0 Å². The normalized spacial score (nSPS) is 21.1. The molecule has 0 radical (unpaired) electrons. The zero-order chi connectivity index (χ0) is 19.7. The first kappa shape index (κ1) is 20.3. The van der Waals surface area contributed by atoms with Crippen LogP contribution in [0.2, 0.25) is 10.0 Å². The van der Waals surface area contributed by atoms with Crippen LogP contribution in [0.4, 0.5) is 0 Å². The Labute approximate surface area is 179 Å². The van der Waals surface area contributed by atoms with E-state index in [1.165, 1.54) is 18.4 Å². The van der Waals surface area contributed by atoms with E-state index < -0.39 is 0 Å². The first-order chi connectivity index (χ1) is 13.4. The molecular weight excluding hydrogens is 389 g/mol. The van der Waals surface area contributed by atoms with Crippen molar-refractivity contribution in [1.82, 2.24) is 15.1 Å². The van der Waals surface area contributed by atoms with Crippen molar-refractivity contribution in [2.45, 2.75) is 45.1 Å². The summed E-state index contributed by atoms with van der Waals surface area (Å²) in [6.07, 6.45) is 7.06. The van der Waals surface area contributed by atoms with E-state index in [2.05, 4.69) is 41.1 Å². The number of nitrogens with one attached hydrogen (secondary N) is 1. The summed E-state index contributed by atoms with van der Waals surface area (Å²) >= 11 is 12.2. The second-order valence-corrected chi connectivity index (χ2v) is 9.73. The summed E-state index contributed by atoms with van der Waals surface area (Å²) in [7, 11) is 0. The summed E-state index contributed by atoms with van der Waals surface area (Å²) in [5.74, 6) is 0. The highest BCUT2D eigenvalue weighted by atomic mass is 35.5. The molecule has 0 amide bonds. The Hall–Kier alpha value is -1.00. The fourth-order valence-electron chi connectivity index (χ4n) is 4.58. The van der Waals surface area contributed by atoms with E-state index in [-0.39, 0.29) is 5.54 Å². The third kappa shape index (κ3) is 4.43. The number of benzene rings is 1. The van der Waals surface area contributed by atoms with E-state index in [9.17, 15) is 0 Å². The van der Waals surface area contributed by atoms with E-state index in [0.717, 1.165) is 52.1 Å².